The summed E-state index contributed by atoms with van der Waals surface area (Å²) >= 11 is 0. The Labute approximate surface area is 114 Å². The van der Waals surface area contributed by atoms with Gasteiger partial charge in [0.15, 0.2) is 6.61 Å². The molecule has 1 aromatic rings. The topological polar surface area (TPSA) is 55.6 Å². The lowest BCUT2D eigenvalue weighted by atomic mass is 10.1. The Kier molecular flexibility index (Phi) is 4.80. The molecule has 0 aromatic heterocycles. The highest BCUT2D eigenvalue weighted by Gasteiger charge is 2.18. The van der Waals surface area contributed by atoms with E-state index in [9.17, 15) is 4.79 Å². The molecular weight excluding hydrogens is 240 g/mol. The summed E-state index contributed by atoms with van der Waals surface area (Å²) in [6.45, 7) is 3.84. The van der Waals surface area contributed by atoms with E-state index >= 15 is 0 Å². The molecule has 2 rings (SSSR count). The van der Waals surface area contributed by atoms with Crippen LogP contribution in [0, 0.1) is 0 Å². The number of likely N-dealkylation sites (tertiary alicyclic amines) is 1. The molecule has 0 bridgehead atoms. The van der Waals surface area contributed by atoms with Crippen molar-refractivity contribution in [3.05, 3.63) is 29.8 Å². The van der Waals surface area contributed by atoms with Crippen molar-refractivity contribution < 1.29 is 9.53 Å². The highest BCUT2D eigenvalue weighted by molar-refractivity contribution is 5.78. The van der Waals surface area contributed by atoms with Gasteiger partial charge in [-0.25, -0.2) is 0 Å². The predicted octanol–water partition coefficient (Wildman–Crippen LogP) is 1.58. The van der Waals surface area contributed by atoms with Crippen molar-refractivity contribution in [3.8, 4) is 5.75 Å². The molecule has 0 spiro atoms. The van der Waals surface area contributed by atoms with Crippen LogP contribution < -0.4 is 10.5 Å². The van der Waals surface area contributed by atoms with Crippen LogP contribution in [0.5, 0.6) is 5.75 Å². The SMILES string of the molecule is CC(N)Cc1cccc(OCC(=O)N2CCCC2)c1. The van der Waals surface area contributed by atoms with Crippen LogP contribution in [0.15, 0.2) is 24.3 Å². The van der Waals surface area contributed by atoms with Crippen molar-refractivity contribution in [2.24, 2.45) is 5.73 Å². The molecule has 1 saturated heterocycles. The minimum atomic E-state index is 0.0788. The van der Waals surface area contributed by atoms with Gasteiger partial charge in [0, 0.05) is 19.1 Å². The molecule has 0 saturated carbocycles. The molecule has 1 atom stereocenters. The van der Waals surface area contributed by atoms with Gasteiger partial charge < -0.3 is 15.4 Å². The largest absolute Gasteiger partial charge is 0.484 e. The van der Waals surface area contributed by atoms with Gasteiger partial charge in [0.2, 0.25) is 0 Å². The second-order valence-corrected chi connectivity index (χ2v) is 5.21. The van der Waals surface area contributed by atoms with Gasteiger partial charge >= 0.3 is 0 Å². The van der Waals surface area contributed by atoms with E-state index in [1.165, 1.54) is 0 Å². The molecular formula is C15H22N2O2. The second-order valence-electron chi connectivity index (χ2n) is 5.21. The Hall–Kier alpha value is -1.55. The summed E-state index contributed by atoms with van der Waals surface area (Å²) in [7, 11) is 0. The zero-order chi connectivity index (χ0) is 13.7. The van der Waals surface area contributed by atoms with E-state index in [-0.39, 0.29) is 18.6 Å². The number of ether oxygens (including phenoxy) is 1. The monoisotopic (exact) mass is 262 g/mol. The second kappa shape index (κ2) is 6.57. The lowest BCUT2D eigenvalue weighted by molar-refractivity contribution is -0.132. The molecule has 1 amide bonds. The lowest BCUT2D eigenvalue weighted by Crippen LogP contribution is -2.32. The molecule has 1 fully saturated rings. The van der Waals surface area contributed by atoms with Crippen molar-refractivity contribution in [3.63, 3.8) is 0 Å². The van der Waals surface area contributed by atoms with E-state index in [4.69, 9.17) is 10.5 Å². The Morgan fingerprint density at radius 1 is 1.42 bits per heavy atom. The molecule has 4 nitrogen and oxygen atoms in total. The maximum Gasteiger partial charge on any atom is 0.260 e. The van der Waals surface area contributed by atoms with Crippen LogP contribution in [0.25, 0.3) is 0 Å². The molecule has 0 aliphatic carbocycles. The average molecular weight is 262 g/mol. The van der Waals surface area contributed by atoms with Crippen LogP contribution in [0.1, 0.15) is 25.3 Å². The normalized spacial score (nSPS) is 16.4. The molecule has 1 unspecified atom stereocenters. The Balaban J connectivity index is 1.86. The third-order valence-corrected chi connectivity index (χ3v) is 3.28. The highest BCUT2D eigenvalue weighted by Crippen LogP contribution is 2.15. The van der Waals surface area contributed by atoms with Gasteiger partial charge in [0.05, 0.1) is 0 Å². The first-order chi connectivity index (χ1) is 9.15. The molecule has 1 aromatic carbocycles. The molecule has 0 radical (unpaired) electrons. The molecule has 4 heteroatoms. The highest BCUT2D eigenvalue weighted by atomic mass is 16.5. The summed E-state index contributed by atoms with van der Waals surface area (Å²) in [5.74, 6) is 0.820. The summed E-state index contributed by atoms with van der Waals surface area (Å²) in [6, 6.07) is 7.93. The lowest BCUT2D eigenvalue weighted by Gasteiger charge is -2.15. The fraction of sp³-hybridized carbons (Fsp3) is 0.533. The van der Waals surface area contributed by atoms with Crippen molar-refractivity contribution in [1.29, 1.82) is 0 Å². The minimum absolute atomic E-state index is 0.0788. The Morgan fingerprint density at radius 2 is 2.16 bits per heavy atom. The molecule has 1 aliphatic rings. The Bertz CT molecular complexity index is 426. The van der Waals surface area contributed by atoms with Gasteiger partial charge in [0.25, 0.3) is 5.91 Å². The number of benzene rings is 1. The Morgan fingerprint density at radius 3 is 2.84 bits per heavy atom. The van der Waals surface area contributed by atoms with Crippen LogP contribution in [0.3, 0.4) is 0 Å². The molecule has 104 valence electrons. The van der Waals surface area contributed by atoms with E-state index < -0.39 is 0 Å². The van der Waals surface area contributed by atoms with Gasteiger partial charge in [-0.3, -0.25) is 4.79 Å². The number of nitrogens with two attached hydrogens (primary N) is 1. The maximum absolute atomic E-state index is 11.9. The zero-order valence-corrected chi connectivity index (χ0v) is 11.5. The van der Waals surface area contributed by atoms with Gasteiger partial charge in [0.1, 0.15) is 5.75 Å². The first-order valence-electron chi connectivity index (χ1n) is 6.90. The smallest absolute Gasteiger partial charge is 0.260 e. The van der Waals surface area contributed by atoms with Crippen molar-refractivity contribution in [2.75, 3.05) is 19.7 Å². The average Bonchev–Trinajstić information content (AvgIpc) is 2.89. The summed E-state index contributed by atoms with van der Waals surface area (Å²) in [5, 5.41) is 0. The number of hydrogen-bond donors (Lipinski definition) is 1. The summed E-state index contributed by atoms with van der Waals surface area (Å²) in [5.41, 5.74) is 6.92. The standard InChI is InChI=1S/C15H22N2O2/c1-12(16)9-13-5-4-6-14(10-13)19-11-15(18)17-7-2-3-8-17/h4-6,10,12H,2-3,7-9,11,16H2,1H3. The van der Waals surface area contributed by atoms with Crippen LogP contribution in [-0.2, 0) is 11.2 Å². The number of carbonyl (C=O) groups excluding carboxylic acids is 1. The van der Waals surface area contributed by atoms with Crippen LogP contribution in [-0.4, -0.2) is 36.5 Å². The number of nitrogens with zero attached hydrogens (tertiary/aromatic N) is 1. The number of carbonyl (C=O) groups is 1. The number of amides is 1. The summed E-state index contributed by atoms with van der Waals surface area (Å²) < 4.78 is 5.57. The van der Waals surface area contributed by atoms with Crippen molar-refractivity contribution in [2.45, 2.75) is 32.2 Å². The number of hydrogen-bond acceptors (Lipinski definition) is 3. The zero-order valence-electron chi connectivity index (χ0n) is 11.5. The first kappa shape index (κ1) is 13.9. The summed E-state index contributed by atoms with van der Waals surface area (Å²) in [6.07, 6.45) is 3.03. The van der Waals surface area contributed by atoms with Crippen molar-refractivity contribution in [1.82, 2.24) is 4.90 Å². The first-order valence-corrected chi connectivity index (χ1v) is 6.90. The van der Waals surface area contributed by atoms with Crippen LogP contribution >= 0.6 is 0 Å². The third kappa shape index (κ3) is 4.24. The minimum Gasteiger partial charge on any atom is -0.484 e. The van der Waals surface area contributed by atoms with E-state index in [0.29, 0.717) is 0 Å². The fourth-order valence-corrected chi connectivity index (χ4v) is 2.34. The molecule has 1 heterocycles. The molecule has 19 heavy (non-hydrogen) atoms. The van der Waals surface area contributed by atoms with E-state index in [2.05, 4.69) is 0 Å². The van der Waals surface area contributed by atoms with Crippen molar-refractivity contribution >= 4 is 5.91 Å². The quantitative estimate of drug-likeness (QED) is 0.876. The van der Waals surface area contributed by atoms with Gasteiger partial charge in [-0.05, 0) is 43.9 Å². The third-order valence-electron chi connectivity index (χ3n) is 3.28. The van der Waals surface area contributed by atoms with E-state index in [1.54, 1.807) is 0 Å². The predicted molar refractivity (Wildman–Crippen MR) is 75.1 cm³/mol. The van der Waals surface area contributed by atoms with Crippen LogP contribution in [0.4, 0.5) is 0 Å². The van der Waals surface area contributed by atoms with E-state index in [0.717, 1.165) is 43.7 Å². The molecule has 1 aliphatic heterocycles. The van der Waals surface area contributed by atoms with Gasteiger partial charge in [-0.15, -0.1) is 0 Å². The molecule has 2 N–H and O–H groups in total. The number of rotatable bonds is 5. The van der Waals surface area contributed by atoms with Crippen LogP contribution in [0.2, 0.25) is 0 Å². The van der Waals surface area contributed by atoms with Gasteiger partial charge in [-0.1, -0.05) is 12.1 Å². The maximum atomic E-state index is 11.9. The van der Waals surface area contributed by atoms with E-state index in [1.807, 2.05) is 36.1 Å². The van der Waals surface area contributed by atoms with Gasteiger partial charge in [-0.2, -0.15) is 0 Å². The summed E-state index contributed by atoms with van der Waals surface area (Å²) in [4.78, 5) is 13.7. The fourth-order valence-electron chi connectivity index (χ4n) is 2.34.